The summed E-state index contributed by atoms with van der Waals surface area (Å²) in [5, 5.41) is 3.41. The molecule has 0 aromatic carbocycles. The van der Waals surface area contributed by atoms with E-state index in [0.717, 1.165) is 49.3 Å². The van der Waals surface area contributed by atoms with Crippen molar-refractivity contribution in [2.45, 2.75) is 19.9 Å². The van der Waals surface area contributed by atoms with E-state index in [1.165, 1.54) is 0 Å². The Balaban J connectivity index is 1.77. The summed E-state index contributed by atoms with van der Waals surface area (Å²) in [6.45, 7) is 6.97. The van der Waals surface area contributed by atoms with Gasteiger partial charge < -0.3 is 14.8 Å². The summed E-state index contributed by atoms with van der Waals surface area (Å²) in [6, 6.07) is 1.95. The van der Waals surface area contributed by atoms with Gasteiger partial charge >= 0.3 is 0 Å². The van der Waals surface area contributed by atoms with Crippen LogP contribution in [0.1, 0.15) is 23.8 Å². The molecule has 1 N–H and O–H groups in total. The summed E-state index contributed by atoms with van der Waals surface area (Å²) in [5.41, 5.74) is 0.821. The number of halogens is 1. The molecule has 2 aliphatic heterocycles. The number of nitrogens with one attached hydrogen (secondary N) is 1. The Bertz CT molecular complexity index is 473. The highest BCUT2D eigenvalue weighted by Crippen LogP contribution is 2.28. The van der Waals surface area contributed by atoms with Crippen molar-refractivity contribution in [1.82, 2.24) is 14.8 Å². The third-order valence-electron chi connectivity index (χ3n) is 4.22. The molecule has 2 fully saturated rings. The number of nitrogens with zero attached hydrogens (tertiary/aromatic N) is 2. The summed E-state index contributed by atoms with van der Waals surface area (Å²) in [6.07, 6.45) is 3.05. The van der Waals surface area contributed by atoms with E-state index in [1.54, 1.807) is 0 Å². The smallest absolute Gasteiger partial charge is 0.270 e. The van der Waals surface area contributed by atoms with E-state index < -0.39 is 0 Å². The van der Waals surface area contributed by atoms with Crippen molar-refractivity contribution in [1.29, 1.82) is 0 Å². The van der Waals surface area contributed by atoms with Gasteiger partial charge in [-0.05, 0) is 40.3 Å². The van der Waals surface area contributed by atoms with Gasteiger partial charge in [0.2, 0.25) is 0 Å². The standard InChI is InChI=1S/C14H20BrN3O/c1-2-3-17-9-12(15)4-13(17)14(19)18-7-10-5-16-6-11(10)8-18/h4,9-11,16H,2-3,5-8H2,1H3. The van der Waals surface area contributed by atoms with Gasteiger partial charge in [0.25, 0.3) is 5.91 Å². The molecule has 0 radical (unpaired) electrons. The maximum absolute atomic E-state index is 12.7. The fourth-order valence-corrected chi connectivity index (χ4v) is 3.73. The number of carbonyl (C=O) groups is 1. The fourth-order valence-electron chi connectivity index (χ4n) is 3.26. The number of aromatic nitrogens is 1. The van der Waals surface area contributed by atoms with E-state index in [-0.39, 0.29) is 5.91 Å². The molecule has 104 valence electrons. The summed E-state index contributed by atoms with van der Waals surface area (Å²) in [4.78, 5) is 14.7. The molecular weight excluding hydrogens is 306 g/mol. The van der Waals surface area contributed by atoms with Crippen molar-refractivity contribution >= 4 is 21.8 Å². The lowest BCUT2D eigenvalue weighted by Crippen LogP contribution is -2.33. The summed E-state index contributed by atoms with van der Waals surface area (Å²) < 4.78 is 3.06. The Kier molecular flexibility index (Phi) is 3.67. The Hall–Kier alpha value is -0.810. The van der Waals surface area contributed by atoms with E-state index in [9.17, 15) is 4.79 Å². The van der Waals surface area contributed by atoms with Crippen molar-refractivity contribution in [3.63, 3.8) is 0 Å². The Morgan fingerprint density at radius 1 is 1.42 bits per heavy atom. The maximum Gasteiger partial charge on any atom is 0.270 e. The molecule has 19 heavy (non-hydrogen) atoms. The molecule has 4 nitrogen and oxygen atoms in total. The largest absolute Gasteiger partial charge is 0.342 e. The van der Waals surface area contributed by atoms with E-state index in [1.807, 2.05) is 17.2 Å². The van der Waals surface area contributed by atoms with Crippen molar-refractivity contribution in [2.75, 3.05) is 26.2 Å². The molecule has 0 saturated carbocycles. The Morgan fingerprint density at radius 2 is 2.11 bits per heavy atom. The summed E-state index contributed by atoms with van der Waals surface area (Å²) in [7, 11) is 0. The second-order valence-corrected chi connectivity index (χ2v) is 6.54. The first-order valence-electron chi connectivity index (χ1n) is 7.04. The molecule has 1 aromatic heterocycles. The molecule has 1 aromatic rings. The minimum atomic E-state index is 0.188. The van der Waals surface area contributed by atoms with Crippen LogP contribution in [0.5, 0.6) is 0 Å². The second kappa shape index (κ2) is 5.29. The van der Waals surface area contributed by atoms with Crippen LogP contribution in [0, 0.1) is 11.8 Å². The fraction of sp³-hybridized carbons (Fsp3) is 0.643. The Morgan fingerprint density at radius 3 is 2.74 bits per heavy atom. The molecule has 2 aliphatic rings. The minimum Gasteiger partial charge on any atom is -0.342 e. The highest BCUT2D eigenvalue weighted by Gasteiger charge is 2.38. The first kappa shape index (κ1) is 13.2. The molecule has 0 spiro atoms. The van der Waals surface area contributed by atoms with Crippen molar-refractivity contribution in [3.8, 4) is 0 Å². The lowest BCUT2D eigenvalue weighted by molar-refractivity contribution is 0.0771. The number of carbonyl (C=O) groups excluding carboxylic acids is 1. The Labute approximate surface area is 122 Å². The zero-order valence-corrected chi connectivity index (χ0v) is 12.8. The van der Waals surface area contributed by atoms with Crippen LogP contribution in [0.4, 0.5) is 0 Å². The van der Waals surface area contributed by atoms with Crippen LogP contribution in [0.3, 0.4) is 0 Å². The molecule has 3 rings (SSSR count). The molecule has 3 heterocycles. The number of hydrogen-bond donors (Lipinski definition) is 1. The average molecular weight is 326 g/mol. The molecule has 0 aliphatic carbocycles. The van der Waals surface area contributed by atoms with E-state index in [2.05, 4.69) is 32.7 Å². The van der Waals surface area contributed by atoms with Crippen LogP contribution < -0.4 is 5.32 Å². The van der Waals surface area contributed by atoms with Crippen LogP contribution in [-0.2, 0) is 6.54 Å². The van der Waals surface area contributed by atoms with Gasteiger partial charge in [-0.3, -0.25) is 4.79 Å². The van der Waals surface area contributed by atoms with E-state index in [4.69, 9.17) is 0 Å². The normalized spacial score (nSPS) is 25.9. The third kappa shape index (κ3) is 2.46. The summed E-state index contributed by atoms with van der Waals surface area (Å²) >= 11 is 3.48. The predicted molar refractivity (Wildman–Crippen MR) is 78.2 cm³/mol. The van der Waals surface area contributed by atoms with Gasteiger partial charge in [0, 0.05) is 43.4 Å². The molecular formula is C14H20BrN3O. The maximum atomic E-state index is 12.7. The monoisotopic (exact) mass is 325 g/mol. The predicted octanol–water partition coefficient (Wildman–Crippen LogP) is 1.95. The van der Waals surface area contributed by atoms with E-state index in [0.29, 0.717) is 11.8 Å². The molecule has 2 unspecified atom stereocenters. The van der Waals surface area contributed by atoms with Gasteiger partial charge in [0.05, 0.1) is 0 Å². The number of aryl methyl sites for hydroxylation is 1. The van der Waals surface area contributed by atoms with Crippen molar-refractivity contribution in [3.05, 3.63) is 22.4 Å². The number of likely N-dealkylation sites (tertiary alicyclic amines) is 1. The minimum absolute atomic E-state index is 0.188. The topological polar surface area (TPSA) is 37.3 Å². The quantitative estimate of drug-likeness (QED) is 0.922. The van der Waals surface area contributed by atoms with Crippen LogP contribution in [0.15, 0.2) is 16.7 Å². The highest BCUT2D eigenvalue weighted by atomic mass is 79.9. The SMILES string of the molecule is CCCn1cc(Br)cc1C(=O)N1CC2CNCC2C1. The summed E-state index contributed by atoms with van der Waals surface area (Å²) in [5.74, 6) is 1.50. The first-order valence-corrected chi connectivity index (χ1v) is 7.84. The molecule has 2 saturated heterocycles. The lowest BCUT2D eigenvalue weighted by Gasteiger charge is -2.18. The van der Waals surface area contributed by atoms with Crippen LogP contribution in [0.25, 0.3) is 0 Å². The van der Waals surface area contributed by atoms with Gasteiger partial charge in [-0.1, -0.05) is 6.92 Å². The molecule has 5 heteroatoms. The first-order chi connectivity index (χ1) is 9.19. The second-order valence-electron chi connectivity index (χ2n) is 5.63. The molecule has 0 bridgehead atoms. The van der Waals surface area contributed by atoms with Gasteiger partial charge in [-0.25, -0.2) is 0 Å². The van der Waals surface area contributed by atoms with Crippen molar-refractivity contribution in [2.24, 2.45) is 11.8 Å². The van der Waals surface area contributed by atoms with Crippen LogP contribution in [-0.4, -0.2) is 41.6 Å². The van der Waals surface area contributed by atoms with E-state index >= 15 is 0 Å². The van der Waals surface area contributed by atoms with Gasteiger partial charge in [0.15, 0.2) is 0 Å². The third-order valence-corrected chi connectivity index (χ3v) is 4.66. The number of hydrogen-bond acceptors (Lipinski definition) is 2. The zero-order chi connectivity index (χ0) is 13.4. The lowest BCUT2D eigenvalue weighted by atomic mass is 10.0. The number of fused-ring (bicyclic) bond motifs is 1. The molecule has 1 amide bonds. The van der Waals surface area contributed by atoms with Gasteiger partial charge in [0.1, 0.15) is 5.69 Å². The van der Waals surface area contributed by atoms with Gasteiger partial charge in [-0.2, -0.15) is 0 Å². The molecule has 2 atom stereocenters. The number of rotatable bonds is 3. The average Bonchev–Trinajstić information content (AvgIpc) is 3.02. The highest BCUT2D eigenvalue weighted by molar-refractivity contribution is 9.10. The number of amides is 1. The van der Waals surface area contributed by atoms with Gasteiger partial charge in [-0.15, -0.1) is 0 Å². The zero-order valence-electron chi connectivity index (χ0n) is 11.2. The van der Waals surface area contributed by atoms with Crippen molar-refractivity contribution < 1.29 is 4.79 Å². The van der Waals surface area contributed by atoms with Crippen LogP contribution >= 0.6 is 15.9 Å². The van der Waals surface area contributed by atoms with Crippen LogP contribution in [0.2, 0.25) is 0 Å².